The number of amides is 1. The first kappa shape index (κ1) is 14.0. The van der Waals surface area contributed by atoms with Gasteiger partial charge in [0, 0.05) is 30.2 Å². The number of hydrogen-bond acceptors (Lipinski definition) is 3. The molecule has 1 heterocycles. The Bertz CT molecular complexity index is 627. The number of nitrogens with zero attached hydrogens (tertiary/aromatic N) is 1. The van der Waals surface area contributed by atoms with Crippen molar-refractivity contribution in [1.29, 1.82) is 0 Å². The van der Waals surface area contributed by atoms with Gasteiger partial charge in [-0.3, -0.25) is 9.69 Å². The SMILES string of the molecule is NC1CCN(CC(=O)Nc2cccc3ccccc23)CC1. The van der Waals surface area contributed by atoms with Crippen LogP contribution in [0.4, 0.5) is 5.69 Å². The van der Waals surface area contributed by atoms with Crippen LogP contribution in [0, 0.1) is 0 Å². The molecule has 2 aromatic carbocycles. The first-order valence-electron chi connectivity index (χ1n) is 7.48. The average molecular weight is 283 g/mol. The number of piperidine rings is 1. The molecule has 21 heavy (non-hydrogen) atoms. The Morgan fingerprint density at radius 3 is 2.67 bits per heavy atom. The van der Waals surface area contributed by atoms with Gasteiger partial charge in [-0.15, -0.1) is 0 Å². The van der Waals surface area contributed by atoms with E-state index < -0.39 is 0 Å². The summed E-state index contributed by atoms with van der Waals surface area (Å²) in [5.41, 5.74) is 6.77. The number of rotatable bonds is 3. The van der Waals surface area contributed by atoms with E-state index in [0.29, 0.717) is 12.6 Å². The monoisotopic (exact) mass is 283 g/mol. The summed E-state index contributed by atoms with van der Waals surface area (Å²) < 4.78 is 0. The summed E-state index contributed by atoms with van der Waals surface area (Å²) in [5, 5.41) is 5.25. The molecule has 110 valence electrons. The lowest BCUT2D eigenvalue weighted by atomic mass is 10.1. The van der Waals surface area contributed by atoms with Crippen LogP contribution >= 0.6 is 0 Å². The molecule has 3 N–H and O–H groups in total. The third-order valence-electron chi connectivity index (χ3n) is 4.06. The number of anilines is 1. The highest BCUT2D eigenvalue weighted by Gasteiger charge is 2.18. The summed E-state index contributed by atoms with van der Waals surface area (Å²) in [6.45, 7) is 2.25. The Morgan fingerprint density at radius 2 is 1.86 bits per heavy atom. The highest BCUT2D eigenvalue weighted by atomic mass is 16.2. The van der Waals surface area contributed by atoms with Crippen molar-refractivity contribution in [2.75, 3.05) is 25.0 Å². The predicted octanol–water partition coefficient (Wildman–Crippen LogP) is 2.20. The molecule has 4 nitrogen and oxygen atoms in total. The minimum Gasteiger partial charge on any atom is -0.328 e. The molecule has 0 unspecified atom stereocenters. The summed E-state index contributed by atoms with van der Waals surface area (Å²) in [6, 6.07) is 14.3. The lowest BCUT2D eigenvalue weighted by molar-refractivity contribution is -0.117. The van der Waals surface area contributed by atoms with Crippen LogP contribution in [0.15, 0.2) is 42.5 Å². The fourth-order valence-electron chi connectivity index (χ4n) is 2.84. The smallest absolute Gasteiger partial charge is 0.238 e. The van der Waals surface area contributed by atoms with Gasteiger partial charge in [0.25, 0.3) is 0 Å². The standard InChI is InChI=1S/C17H21N3O/c18-14-8-10-20(11-9-14)12-17(21)19-16-7-3-5-13-4-1-2-6-15(13)16/h1-7,14H,8-12,18H2,(H,19,21). The van der Waals surface area contributed by atoms with Crippen molar-refractivity contribution in [3.8, 4) is 0 Å². The van der Waals surface area contributed by atoms with Gasteiger partial charge in [-0.2, -0.15) is 0 Å². The summed E-state index contributed by atoms with van der Waals surface area (Å²) in [7, 11) is 0. The van der Waals surface area contributed by atoms with Crippen molar-refractivity contribution in [3.05, 3.63) is 42.5 Å². The van der Waals surface area contributed by atoms with Gasteiger partial charge in [-0.1, -0.05) is 36.4 Å². The number of nitrogens with two attached hydrogens (primary N) is 1. The molecule has 0 bridgehead atoms. The van der Waals surface area contributed by atoms with Crippen LogP contribution in [0.1, 0.15) is 12.8 Å². The summed E-state index contributed by atoms with van der Waals surface area (Å²) in [5.74, 6) is 0.0434. The number of nitrogens with one attached hydrogen (secondary N) is 1. The lowest BCUT2D eigenvalue weighted by Crippen LogP contribution is -2.43. The topological polar surface area (TPSA) is 58.4 Å². The molecule has 4 heteroatoms. The summed E-state index contributed by atoms with van der Waals surface area (Å²) in [4.78, 5) is 14.4. The largest absolute Gasteiger partial charge is 0.328 e. The lowest BCUT2D eigenvalue weighted by Gasteiger charge is -2.29. The Balaban J connectivity index is 1.66. The molecule has 3 rings (SSSR count). The quantitative estimate of drug-likeness (QED) is 0.908. The zero-order valence-corrected chi connectivity index (χ0v) is 12.1. The summed E-state index contributed by atoms with van der Waals surface area (Å²) in [6.07, 6.45) is 1.95. The molecule has 1 aliphatic heterocycles. The molecule has 0 aliphatic carbocycles. The number of fused-ring (bicyclic) bond motifs is 1. The van der Waals surface area contributed by atoms with E-state index in [2.05, 4.69) is 22.3 Å². The molecule has 1 saturated heterocycles. The zero-order valence-electron chi connectivity index (χ0n) is 12.1. The third-order valence-corrected chi connectivity index (χ3v) is 4.06. The zero-order chi connectivity index (χ0) is 14.7. The van der Waals surface area contributed by atoms with Crippen LogP contribution in [0.3, 0.4) is 0 Å². The van der Waals surface area contributed by atoms with Crippen LogP contribution in [0.2, 0.25) is 0 Å². The van der Waals surface area contributed by atoms with E-state index in [9.17, 15) is 4.79 Å². The van der Waals surface area contributed by atoms with E-state index in [1.54, 1.807) is 0 Å². The van der Waals surface area contributed by atoms with Crippen LogP contribution in [-0.4, -0.2) is 36.5 Å². The fourth-order valence-corrected chi connectivity index (χ4v) is 2.84. The normalized spacial score (nSPS) is 17.0. The van der Waals surface area contributed by atoms with Crippen molar-refractivity contribution in [2.45, 2.75) is 18.9 Å². The van der Waals surface area contributed by atoms with Crippen LogP contribution in [0.5, 0.6) is 0 Å². The van der Waals surface area contributed by atoms with Crippen LogP contribution in [-0.2, 0) is 4.79 Å². The van der Waals surface area contributed by atoms with Crippen molar-refractivity contribution in [1.82, 2.24) is 4.90 Å². The van der Waals surface area contributed by atoms with E-state index in [4.69, 9.17) is 5.73 Å². The van der Waals surface area contributed by atoms with Gasteiger partial charge in [0.1, 0.15) is 0 Å². The summed E-state index contributed by atoms with van der Waals surface area (Å²) >= 11 is 0. The van der Waals surface area contributed by atoms with Gasteiger partial charge < -0.3 is 11.1 Å². The second-order valence-corrected chi connectivity index (χ2v) is 5.69. The van der Waals surface area contributed by atoms with E-state index in [0.717, 1.165) is 42.4 Å². The fraction of sp³-hybridized carbons (Fsp3) is 0.353. The van der Waals surface area contributed by atoms with Crippen LogP contribution < -0.4 is 11.1 Å². The molecule has 2 aromatic rings. The second kappa shape index (κ2) is 6.24. The Labute approximate surface area is 124 Å². The number of hydrogen-bond donors (Lipinski definition) is 2. The minimum absolute atomic E-state index is 0.0434. The van der Waals surface area contributed by atoms with Crippen molar-refractivity contribution < 1.29 is 4.79 Å². The van der Waals surface area contributed by atoms with E-state index in [1.165, 1.54) is 0 Å². The molecule has 0 aromatic heterocycles. The van der Waals surface area contributed by atoms with E-state index in [1.807, 2.05) is 30.3 Å². The number of likely N-dealkylation sites (tertiary alicyclic amines) is 1. The first-order chi connectivity index (χ1) is 10.2. The third kappa shape index (κ3) is 3.40. The molecule has 0 saturated carbocycles. The minimum atomic E-state index is 0.0434. The molecule has 1 fully saturated rings. The van der Waals surface area contributed by atoms with Crippen molar-refractivity contribution in [2.24, 2.45) is 5.73 Å². The molecule has 1 amide bonds. The molecule has 1 aliphatic rings. The molecular formula is C17H21N3O. The van der Waals surface area contributed by atoms with Gasteiger partial charge >= 0.3 is 0 Å². The van der Waals surface area contributed by atoms with Crippen molar-refractivity contribution >= 4 is 22.4 Å². The maximum absolute atomic E-state index is 12.2. The van der Waals surface area contributed by atoms with Gasteiger partial charge in [0.05, 0.1) is 6.54 Å². The molecule has 0 spiro atoms. The Kier molecular flexibility index (Phi) is 4.18. The maximum Gasteiger partial charge on any atom is 0.238 e. The maximum atomic E-state index is 12.2. The van der Waals surface area contributed by atoms with Gasteiger partial charge in [0.15, 0.2) is 0 Å². The van der Waals surface area contributed by atoms with Gasteiger partial charge in [0.2, 0.25) is 5.91 Å². The molecule has 0 atom stereocenters. The average Bonchev–Trinajstić information content (AvgIpc) is 2.50. The molecule has 0 radical (unpaired) electrons. The highest BCUT2D eigenvalue weighted by molar-refractivity contribution is 6.02. The Hall–Kier alpha value is -1.91. The number of carbonyl (C=O) groups excluding carboxylic acids is 1. The first-order valence-corrected chi connectivity index (χ1v) is 7.48. The Morgan fingerprint density at radius 1 is 1.14 bits per heavy atom. The second-order valence-electron chi connectivity index (χ2n) is 5.69. The van der Waals surface area contributed by atoms with Gasteiger partial charge in [-0.25, -0.2) is 0 Å². The predicted molar refractivity (Wildman–Crippen MR) is 86.2 cm³/mol. The van der Waals surface area contributed by atoms with Crippen molar-refractivity contribution in [3.63, 3.8) is 0 Å². The number of benzene rings is 2. The highest BCUT2D eigenvalue weighted by Crippen LogP contribution is 2.22. The van der Waals surface area contributed by atoms with Gasteiger partial charge in [-0.05, 0) is 24.3 Å². The van der Waals surface area contributed by atoms with Crippen LogP contribution in [0.25, 0.3) is 10.8 Å². The van der Waals surface area contributed by atoms with E-state index >= 15 is 0 Å². The molecular weight excluding hydrogens is 262 g/mol. The number of carbonyl (C=O) groups is 1. The van der Waals surface area contributed by atoms with E-state index in [-0.39, 0.29) is 5.91 Å².